The molecule has 6 heteroatoms. The molecule has 1 saturated heterocycles. The number of hydrogen-bond donors (Lipinski definition) is 1. The molecular formula is C24H26N4O2. The lowest BCUT2D eigenvalue weighted by Gasteiger charge is -2.30. The Morgan fingerprint density at radius 1 is 1.07 bits per heavy atom. The molecule has 0 aliphatic carbocycles. The zero-order chi connectivity index (χ0) is 20.9. The van der Waals surface area contributed by atoms with Crippen molar-refractivity contribution in [2.75, 3.05) is 31.6 Å². The molecule has 0 saturated carbocycles. The predicted molar refractivity (Wildman–Crippen MR) is 118 cm³/mol. The number of nitrogens with one attached hydrogen (secondary N) is 1. The molecular weight excluding hydrogens is 376 g/mol. The smallest absolute Gasteiger partial charge is 0.255 e. The fourth-order valence-corrected chi connectivity index (χ4v) is 3.59. The molecule has 0 bridgehead atoms. The largest absolute Gasteiger partial charge is 0.492 e. The highest BCUT2D eigenvalue weighted by Gasteiger charge is 2.17. The number of benzene rings is 2. The van der Waals surface area contributed by atoms with Gasteiger partial charge in [-0.15, -0.1) is 0 Å². The van der Waals surface area contributed by atoms with E-state index < -0.39 is 0 Å². The van der Waals surface area contributed by atoms with Crippen molar-refractivity contribution in [3.63, 3.8) is 0 Å². The van der Waals surface area contributed by atoms with Crippen LogP contribution in [0.15, 0.2) is 54.9 Å². The molecule has 0 radical (unpaired) electrons. The number of carbonyl (C=O) groups excluding carboxylic acids is 1. The van der Waals surface area contributed by atoms with Gasteiger partial charge in [-0.25, -0.2) is 9.97 Å². The van der Waals surface area contributed by atoms with E-state index in [1.54, 1.807) is 18.5 Å². The molecule has 4 rings (SSSR count). The highest BCUT2D eigenvalue weighted by atomic mass is 16.5. The van der Waals surface area contributed by atoms with Crippen LogP contribution in [0.5, 0.6) is 5.75 Å². The number of likely N-dealkylation sites (tertiary alicyclic amines) is 1. The minimum absolute atomic E-state index is 0.147. The summed E-state index contributed by atoms with van der Waals surface area (Å²) >= 11 is 0. The van der Waals surface area contributed by atoms with Gasteiger partial charge in [0.15, 0.2) is 0 Å². The maximum atomic E-state index is 12.6. The topological polar surface area (TPSA) is 67.3 Å². The Morgan fingerprint density at radius 2 is 1.80 bits per heavy atom. The van der Waals surface area contributed by atoms with Crippen molar-refractivity contribution in [3.05, 3.63) is 71.8 Å². The second-order valence-electron chi connectivity index (χ2n) is 7.49. The molecule has 2 heterocycles. The van der Waals surface area contributed by atoms with Crippen molar-refractivity contribution in [3.8, 4) is 16.9 Å². The summed E-state index contributed by atoms with van der Waals surface area (Å²) in [5, 5.41) is 2.98. The average Bonchev–Trinajstić information content (AvgIpc) is 2.71. The molecule has 1 fully saturated rings. The molecule has 1 aliphatic rings. The van der Waals surface area contributed by atoms with Crippen LogP contribution in [0.25, 0.3) is 11.1 Å². The van der Waals surface area contributed by atoms with E-state index in [4.69, 9.17) is 4.74 Å². The van der Waals surface area contributed by atoms with E-state index in [9.17, 15) is 4.79 Å². The van der Waals surface area contributed by atoms with Crippen LogP contribution in [-0.4, -0.2) is 47.0 Å². The molecule has 2 aromatic carbocycles. The van der Waals surface area contributed by atoms with Crippen molar-refractivity contribution in [1.82, 2.24) is 14.9 Å². The molecule has 1 aromatic heterocycles. The fourth-order valence-electron chi connectivity index (χ4n) is 3.59. The van der Waals surface area contributed by atoms with Crippen molar-refractivity contribution >= 4 is 11.6 Å². The standard InChI is InChI=1S/C24H26N4O2/c1-17-23(18(2)26-16-25-17)21-15-20(27-24(29)19-7-4-3-5-8-19)9-10-22(21)30-14-13-28-11-6-12-28/h3-5,7-10,15-16H,6,11-14H2,1-2H3,(H,27,29). The van der Waals surface area contributed by atoms with Crippen LogP contribution in [0.1, 0.15) is 28.2 Å². The molecule has 154 valence electrons. The van der Waals surface area contributed by atoms with Crippen LogP contribution in [0.2, 0.25) is 0 Å². The van der Waals surface area contributed by atoms with Crippen molar-refractivity contribution in [2.45, 2.75) is 20.3 Å². The Labute approximate surface area is 176 Å². The Bertz CT molecular complexity index is 1010. The molecule has 0 unspecified atom stereocenters. The van der Waals surface area contributed by atoms with Gasteiger partial charge in [-0.2, -0.15) is 0 Å². The predicted octanol–water partition coefficient (Wildman–Crippen LogP) is 4.10. The van der Waals surface area contributed by atoms with Crippen LogP contribution in [-0.2, 0) is 0 Å². The van der Waals surface area contributed by atoms with E-state index >= 15 is 0 Å². The number of nitrogens with zero attached hydrogens (tertiary/aromatic N) is 3. The van der Waals surface area contributed by atoms with Gasteiger partial charge >= 0.3 is 0 Å². The Kier molecular flexibility index (Phi) is 6.05. The molecule has 1 aliphatic heterocycles. The first-order valence-electron chi connectivity index (χ1n) is 10.3. The Balaban J connectivity index is 1.62. The number of anilines is 1. The van der Waals surface area contributed by atoms with E-state index in [1.807, 2.05) is 50.2 Å². The Morgan fingerprint density at radius 3 is 2.47 bits per heavy atom. The third-order valence-corrected chi connectivity index (χ3v) is 5.38. The SMILES string of the molecule is Cc1ncnc(C)c1-c1cc(NC(=O)c2ccccc2)ccc1OCCN1CCC1. The third kappa shape index (κ3) is 4.49. The zero-order valence-corrected chi connectivity index (χ0v) is 17.4. The molecule has 1 amide bonds. The van der Waals surface area contributed by atoms with E-state index in [0.29, 0.717) is 17.9 Å². The third-order valence-electron chi connectivity index (χ3n) is 5.38. The van der Waals surface area contributed by atoms with Gasteiger partial charge < -0.3 is 10.1 Å². The summed E-state index contributed by atoms with van der Waals surface area (Å²) in [4.78, 5) is 23.7. The number of aryl methyl sites for hydroxylation is 2. The summed E-state index contributed by atoms with van der Waals surface area (Å²) in [7, 11) is 0. The Hall–Kier alpha value is -3.25. The van der Waals surface area contributed by atoms with Gasteiger partial charge in [0, 0.05) is 40.3 Å². The van der Waals surface area contributed by atoms with E-state index in [2.05, 4.69) is 20.2 Å². The lowest BCUT2D eigenvalue weighted by Crippen LogP contribution is -2.39. The van der Waals surface area contributed by atoms with Crippen LogP contribution < -0.4 is 10.1 Å². The van der Waals surface area contributed by atoms with Crippen LogP contribution >= 0.6 is 0 Å². The first kappa shape index (κ1) is 20.0. The van der Waals surface area contributed by atoms with Crippen molar-refractivity contribution in [1.29, 1.82) is 0 Å². The molecule has 0 spiro atoms. The maximum absolute atomic E-state index is 12.6. The average molecular weight is 402 g/mol. The number of amides is 1. The summed E-state index contributed by atoms with van der Waals surface area (Å²) in [6.07, 6.45) is 2.83. The maximum Gasteiger partial charge on any atom is 0.255 e. The molecule has 6 nitrogen and oxygen atoms in total. The van der Waals surface area contributed by atoms with Gasteiger partial charge in [-0.05, 0) is 63.7 Å². The van der Waals surface area contributed by atoms with Crippen LogP contribution in [0, 0.1) is 13.8 Å². The summed E-state index contributed by atoms with van der Waals surface area (Å²) < 4.78 is 6.14. The quantitative estimate of drug-likeness (QED) is 0.645. The normalized spacial score (nSPS) is 13.5. The highest BCUT2D eigenvalue weighted by molar-refractivity contribution is 6.04. The first-order chi connectivity index (χ1) is 14.6. The monoisotopic (exact) mass is 402 g/mol. The number of rotatable bonds is 7. The molecule has 1 N–H and O–H groups in total. The number of ether oxygens (including phenoxy) is 1. The van der Waals surface area contributed by atoms with Gasteiger partial charge in [0.25, 0.3) is 5.91 Å². The van der Waals surface area contributed by atoms with E-state index in [-0.39, 0.29) is 5.91 Å². The molecule has 0 atom stereocenters. The molecule has 30 heavy (non-hydrogen) atoms. The highest BCUT2D eigenvalue weighted by Crippen LogP contribution is 2.35. The fraction of sp³-hybridized carbons (Fsp3) is 0.292. The summed E-state index contributed by atoms with van der Waals surface area (Å²) in [6.45, 7) is 7.74. The molecule has 3 aromatic rings. The van der Waals surface area contributed by atoms with E-state index in [1.165, 1.54) is 6.42 Å². The number of carbonyl (C=O) groups is 1. The van der Waals surface area contributed by atoms with Gasteiger partial charge in [0.05, 0.1) is 0 Å². The van der Waals surface area contributed by atoms with E-state index in [0.717, 1.165) is 47.9 Å². The minimum Gasteiger partial charge on any atom is -0.492 e. The van der Waals surface area contributed by atoms with Gasteiger partial charge in [-0.3, -0.25) is 9.69 Å². The number of aromatic nitrogens is 2. The van der Waals surface area contributed by atoms with Crippen LogP contribution in [0.3, 0.4) is 0 Å². The second kappa shape index (κ2) is 9.05. The zero-order valence-electron chi connectivity index (χ0n) is 17.4. The second-order valence-corrected chi connectivity index (χ2v) is 7.49. The van der Waals surface area contributed by atoms with Crippen LogP contribution in [0.4, 0.5) is 5.69 Å². The minimum atomic E-state index is -0.147. The first-order valence-corrected chi connectivity index (χ1v) is 10.3. The van der Waals surface area contributed by atoms with Crippen molar-refractivity contribution in [2.24, 2.45) is 0 Å². The lowest BCUT2D eigenvalue weighted by molar-refractivity contribution is 0.102. The number of hydrogen-bond acceptors (Lipinski definition) is 5. The lowest BCUT2D eigenvalue weighted by atomic mass is 10.0. The van der Waals surface area contributed by atoms with Crippen molar-refractivity contribution < 1.29 is 9.53 Å². The van der Waals surface area contributed by atoms with Gasteiger partial charge in [0.1, 0.15) is 18.7 Å². The summed E-state index contributed by atoms with van der Waals surface area (Å²) in [6, 6.07) is 14.9. The summed E-state index contributed by atoms with van der Waals surface area (Å²) in [5.74, 6) is 0.625. The van der Waals surface area contributed by atoms with Gasteiger partial charge in [0.2, 0.25) is 0 Å². The van der Waals surface area contributed by atoms with Gasteiger partial charge in [-0.1, -0.05) is 18.2 Å². The summed E-state index contributed by atoms with van der Waals surface area (Å²) in [5.41, 5.74) is 4.90.